The Kier molecular flexibility index (Phi) is 4.92. The van der Waals surface area contributed by atoms with Crippen molar-refractivity contribution >= 4 is 5.91 Å². The van der Waals surface area contributed by atoms with Gasteiger partial charge in [0.15, 0.2) is 0 Å². The molecule has 3 rings (SSSR count). The molecular weight excluding hydrogens is 311 g/mol. The Bertz CT molecular complexity index is 693. The normalized spacial score (nSPS) is 16.8. The lowest BCUT2D eigenvalue weighted by Crippen LogP contribution is -2.57. The average Bonchev–Trinajstić information content (AvgIpc) is 3.05. The van der Waals surface area contributed by atoms with Crippen molar-refractivity contribution in [3.63, 3.8) is 0 Å². The Hall–Kier alpha value is -2.25. The standard InChI is InChI=1S/C17H21FN4O2/c18-13-1-3-15(4-2-13)22-10-6-14(21-22)5-9-20-16(23)17(19)7-11-24-12-8-17/h1-4,6,10H,5,7-9,11-12,19H2,(H,20,23). The quantitative estimate of drug-likeness (QED) is 0.861. The molecule has 0 aliphatic carbocycles. The van der Waals surface area contributed by atoms with E-state index in [0.29, 0.717) is 39.0 Å². The summed E-state index contributed by atoms with van der Waals surface area (Å²) in [5, 5.41) is 7.31. The number of benzene rings is 1. The van der Waals surface area contributed by atoms with Crippen molar-refractivity contribution in [2.45, 2.75) is 24.8 Å². The summed E-state index contributed by atoms with van der Waals surface area (Å²) in [6.07, 6.45) is 3.50. The topological polar surface area (TPSA) is 82.2 Å². The largest absolute Gasteiger partial charge is 0.381 e. The first-order chi connectivity index (χ1) is 11.6. The Morgan fingerprint density at radius 2 is 2.00 bits per heavy atom. The number of ether oxygens (including phenoxy) is 1. The third kappa shape index (κ3) is 3.80. The number of hydrogen-bond acceptors (Lipinski definition) is 4. The number of nitrogens with two attached hydrogens (primary N) is 1. The molecular formula is C17H21FN4O2. The van der Waals surface area contributed by atoms with Gasteiger partial charge in [-0.05, 0) is 43.2 Å². The van der Waals surface area contributed by atoms with Crippen LogP contribution in [0.1, 0.15) is 18.5 Å². The van der Waals surface area contributed by atoms with Gasteiger partial charge in [-0.3, -0.25) is 4.79 Å². The molecule has 1 fully saturated rings. The Morgan fingerprint density at radius 3 is 2.71 bits per heavy atom. The fourth-order valence-corrected chi connectivity index (χ4v) is 2.68. The molecule has 0 spiro atoms. The predicted octanol–water partition coefficient (Wildman–Crippen LogP) is 1.18. The van der Waals surface area contributed by atoms with Gasteiger partial charge in [0.1, 0.15) is 5.82 Å². The van der Waals surface area contributed by atoms with Crippen molar-refractivity contribution in [2.24, 2.45) is 5.73 Å². The summed E-state index contributed by atoms with van der Waals surface area (Å²) >= 11 is 0. The zero-order valence-electron chi connectivity index (χ0n) is 13.4. The first-order valence-corrected chi connectivity index (χ1v) is 8.02. The molecule has 0 radical (unpaired) electrons. The number of carbonyl (C=O) groups excluding carboxylic acids is 1. The fraction of sp³-hybridized carbons (Fsp3) is 0.412. The van der Waals surface area contributed by atoms with E-state index in [9.17, 15) is 9.18 Å². The smallest absolute Gasteiger partial charge is 0.240 e. The summed E-state index contributed by atoms with van der Waals surface area (Å²) in [5.74, 6) is -0.415. The zero-order valence-corrected chi connectivity index (χ0v) is 13.4. The molecule has 3 N–H and O–H groups in total. The Morgan fingerprint density at radius 1 is 1.29 bits per heavy atom. The minimum absolute atomic E-state index is 0.135. The second-order valence-electron chi connectivity index (χ2n) is 6.00. The summed E-state index contributed by atoms with van der Waals surface area (Å²) in [6.45, 7) is 1.51. The van der Waals surface area contributed by atoms with Crippen LogP contribution >= 0.6 is 0 Å². The molecule has 6 nitrogen and oxygen atoms in total. The SMILES string of the molecule is NC1(C(=O)NCCc2ccn(-c3ccc(F)cc3)n2)CCOCC1. The molecule has 1 aliphatic rings. The van der Waals surface area contributed by atoms with Gasteiger partial charge >= 0.3 is 0 Å². The van der Waals surface area contributed by atoms with Gasteiger partial charge in [0.05, 0.1) is 16.9 Å². The maximum Gasteiger partial charge on any atom is 0.240 e. The lowest BCUT2D eigenvalue weighted by molar-refractivity contribution is -0.129. The minimum Gasteiger partial charge on any atom is -0.381 e. The van der Waals surface area contributed by atoms with Gasteiger partial charge in [0.25, 0.3) is 0 Å². The van der Waals surface area contributed by atoms with Crippen LogP contribution in [0, 0.1) is 5.82 Å². The van der Waals surface area contributed by atoms with Gasteiger partial charge in [-0.2, -0.15) is 5.10 Å². The van der Waals surface area contributed by atoms with Crippen LogP contribution in [0.25, 0.3) is 5.69 Å². The average molecular weight is 332 g/mol. The number of hydrogen-bond donors (Lipinski definition) is 2. The molecule has 2 aromatic rings. The molecule has 0 bridgehead atoms. The van der Waals surface area contributed by atoms with E-state index in [1.54, 1.807) is 16.8 Å². The van der Waals surface area contributed by atoms with Crippen LogP contribution in [0.15, 0.2) is 36.5 Å². The van der Waals surface area contributed by atoms with Gasteiger partial charge in [-0.15, -0.1) is 0 Å². The van der Waals surface area contributed by atoms with Gasteiger partial charge in [-0.1, -0.05) is 0 Å². The summed E-state index contributed by atoms with van der Waals surface area (Å²) in [4.78, 5) is 12.2. The summed E-state index contributed by atoms with van der Waals surface area (Å²) in [6, 6.07) is 7.99. The van der Waals surface area contributed by atoms with Crippen molar-refractivity contribution in [3.05, 3.63) is 48.0 Å². The molecule has 1 amide bonds. The van der Waals surface area contributed by atoms with Crippen LogP contribution in [0.3, 0.4) is 0 Å². The van der Waals surface area contributed by atoms with E-state index < -0.39 is 5.54 Å². The predicted molar refractivity (Wildman–Crippen MR) is 87.2 cm³/mol. The molecule has 24 heavy (non-hydrogen) atoms. The molecule has 7 heteroatoms. The van der Waals surface area contributed by atoms with Crippen molar-refractivity contribution in [2.75, 3.05) is 19.8 Å². The molecule has 128 valence electrons. The summed E-state index contributed by atoms with van der Waals surface area (Å²) in [7, 11) is 0. The minimum atomic E-state index is -0.828. The molecule has 0 saturated carbocycles. The fourth-order valence-electron chi connectivity index (χ4n) is 2.68. The van der Waals surface area contributed by atoms with Gasteiger partial charge in [0, 0.05) is 32.4 Å². The zero-order chi connectivity index (χ0) is 17.0. The lowest BCUT2D eigenvalue weighted by atomic mass is 9.90. The number of rotatable bonds is 5. The number of aromatic nitrogens is 2. The first-order valence-electron chi connectivity index (χ1n) is 8.02. The highest BCUT2D eigenvalue weighted by Gasteiger charge is 2.35. The van der Waals surface area contributed by atoms with Crippen LogP contribution in [-0.4, -0.2) is 41.0 Å². The second kappa shape index (κ2) is 7.11. The van der Waals surface area contributed by atoms with Crippen LogP contribution in [-0.2, 0) is 16.0 Å². The van der Waals surface area contributed by atoms with E-state index in [1.165, 1.54) is 12.1 Å². The highest BCUT2D eigenvalue weighted by molar-refractivity contribution is 5.86. The highest BCUT2D eigenvalue weighted by Crippen LogP contribution is 2.17. The van der Waals surface area contributed by atoms with Crippen molar-refractivity contribution in [1.29, 1.82) is 0 Å². The van der Waals surface area contributed by atoms with Crippen LogP contribution in [0.4, 0.5) is 4.39 Å². The Balaban J connectivity index is 1.52. The third-order valence-electron chi connectivity index (χ3n) is 4.24. The van der Waals surface area contributed by atoms with Gasteiger partial charge in [0.2, 0.25) is 5.91 Å². The molecule has 0 atom stereocenters. The third-order valence-corrected chi connectivity index (χ3v) is 4.24. The Labute approximate surface area is 139 Å². The van der Waals surface area contributed by atoms with Crippen LogP contribution in [0.5, 0.6) is 0 Å². The molecule has 1 aromatic heterocycles. The monoisotopic (exact) mass is 332 g/mol. The molecule has 1 aromatic carbocycles. The van der Waals surface area contributed by atoms with E-state index >= 15 is 0 Å². The summed E-state index contributed by atoms with van der Waals surface area (Å²) in [5.41, 5.74) is 6.94. The molecule has 0 unspecified atom stereocenters. The maximum absolute atomic E-state index is 12.9. The van der Waals surface area contributed by atoms with E-state index in [4.69, 9.17) is 10.5 Å². The number of carbonyl (C=O) groups is 1. The van der Waals surface area contributed by atoms with Crippen molar-refractivity contribution < 1.29 is 13.9 Å². The van der Waals surface area contributed by atoms with Gasteiger partial charge in [-0.25, -0.2) is 9.07 Å². The van der Waals surface area contributed by atoms with Crippen LogP contribution in [0.2, 0.25) is 0 Å². The first kappa shape index (κ1) is 16.6. The van der Waals surface area contributed by atoms with Crippen molar-refractivity contribution in [1.82, 2.24) is 15.1 Å². The molecule has 1 saturated heterocycles. The molecule has 1 aliphatic heterocycles. The number of amides is 1. The van der Waals surface area contributed by atoms with Crippen LogP contribution < -0.4 is 11.1 Å². The van der Waals surface area contributed by atoms with E-state index in [-0.39, 0.29) is 11.7 Å². The maximum atomic E-state index is 12.9. The van der Waals surface area contributed by atoms with Gasteiger partial charge < -0.3 is 15.8 Å². The number of halogens is 1. The number of nitrogens with one attached hydrogen (secondary N) is 1. The summed E-state index contributed by atoms with van der Waals surface area (Å²) < 4.78 is 19.9. The van der Waals surface area contributed by atoms with E-state index in [2.05, 4.69) is 10.4 Å². The number of nitrogens with zero attached hydrogens (tertiary/aromatic N) is 2. The van der Waals surface area contributed by atoms with E-state index in [1.807, 2.05) is 12.3 Å². The highest BCUT2D eigenvalue weighted by atomic mass is 19.1. The van der Waals surface area contributed by atoms with Crippen molar-refractivity contribution in [3.8, 4) is 5.69 Å². The lowest BCUT2D eigenvalue weighted by Gasteiger charge is -2.31. The molecule has 2 heterocycles. The van der Waals surface area contributed by atoms with E-state index in [0.717, 1.165) is 11.4 Å². The second-order valence-corrected chi connectivity index (χ2v) is 6.00.